The van der Waals surface area contributed by atoms with Crippen LogP contribution in [0.25, 0.3) is 5.69 Å². The molecule has 0 unspecified atom stereocenters. The molecule has 0 fully saturated rings. The molecule has 3 rings (SSSR count). The van der Waals surface area contributed by atoms with E-state index in [4.69, 9.17) is 0 Å². The standard InChI is InChI=1S/C15H16N2O/c1-10-9-16-7-6-13(10)17-11(2)8-12-14(17)4-3-5-15(12)18/h6-9H,3-5H2,1-2H3. The van der Waals surface area contributed by atoms with E-state index in [0.29, 0.717) is 6.42 Å². The van der Waals surface area contributed by atoms with Crippen molar-refractivity contribution >= 4 is 5.78 Å². The van der Waals surface area contributed by atoms with Crippen LogP contribution in [-0.4, -0.2) is 15.3 Å². The number of hydrogen-bond acceptors (Lipinski definition) is 2. The van der Waals surface area contributed by atoms with Gasteiger partial charge in [-0.15, -0.1) is 0 Å². The fourth-order valence-electron chi connectivity index (χ4n) is 2.78. The van der Waals surface area contributed by atoms with Gasteiger partial charge in [0, 0.05) is 35.8 Å². The number of nitrogens with zero attached hydrogens (tertiary/aromatic N) is 2. The maximum atomic E-state index is 11.9. The van der Waals surface area contributed by atoms with Gasteiger partial charge in [-0.2, -0.15) is 0 Å². The van der Waals surface area contributed by atoms with Gasteiger partial charge in [0.15, 0.2) is 5.78 Å². The molecule has 0 N–H and O–H groups in total. The smallest absolute Gasteiger partial charge is 0.164 e. The molecule has 0 atom stereocenters. The predicted octanol–water partition coefficient (Wildman–Crippen LogP) is 3.01. The largest absolute Gasteiger partial charge is 0.317 e. The molecule has 3 heteroatoms. The Morgan fingerprint density at radius 2 is 2.11 bits per heavy atom. The van der Waals surface area contributed by atoms with Crippen molar-refractivity contribution in [2.45, 2.75) is 33.1 Å². The average molecular weight is 240 g/mol. The summed E-state index contributed by atoms with van der Waals surface area (Å²) in [5.74, 6) is 0.282. The number of aryl methyl sites for hydroxylation is 2. The molecular weight excluding hydrogens is 224 g/mol. The third kappa shape index (κ3) is 1.58. The van der Waals surface area contributed by atoms with Crippen LogP contribution in [0.2, 0.25) is 0 Å². The predicted molar refractivity (Wildman–Crippen MR) is 70.3 cm³/mol. The number of aromatic nitrogens is 2. The Labute approximate surface area is 106 Å². The number of pyridine rings is 1. The Balaban J connectivity index is 2.25. The minimum atomic E-state index is 0.282. The normalized spacial score (nSPS) is 14.7. The average Bonchev–Trinajstić information content (AvgIpc) is 2.68. The van der Waals surface area contributed by atoms with Crippen LogP contribution in [-0.2, 0) is 6.42 Å². The van der Waals surface area contributed by atoms with Gasteiger partial charge in [-0.3, -0.25) is 9.78 Å². The molecule has 0 saturated heterocycles. The van der Waals surface area contributed by atoms with Gasteiger partial charge in [0.25, 0.3) is 0 Å². The number of ketones is 1. The topological polar surface area (TPSA) is 34.9 Å². The van der Waals surface area contributed by atoms with E-state index in [1.807, 2.05) is 18.3 Å². The van der Waals surface area contributed by atoms with Crippen molar-refractivity contribution in [2.24, 2.45) is 0 Å². The van der Waals surface area contributed by atoms with Crippen LogP contribution in [0.5, 0.6) is 0 Å². The monoisotopic (exact) mass is 240 g/mol. The number of rotatable bonds is 1. The molecule has 3 nitrogen and oxygen atoms in total. The van der Waals surface area contributed by atoms with Crippen molar-refractivity contribution in [3.8, 4) is 5.69 Å². The second-order valence-corrected chi connectivity index (χ2v) is 4.92. The fourth-order valence-corrected chi connectivity index (χ4v) is 2.78. The van der Waals surface area contributed by atoms with Crippen LogP contribution in [0.1, 0.15) is 40.2 Å². The highest BCUT2D eigenvalue weighted by molar-refractivity contribution is 5.98. The molecule has 2 aromatic heterocycles. The molecule has 0 bridgehead atoms. The lowest BCUT2D eigenvalue weighted by atomic mass is 9.96. The zero-order valence-electron chi connectivity index (χ0n) is 10.7. The minimum Gasteiger partial charge on any atom is -0.317 e. The SMILES string of the molecule is Cc1cnccc1-n1c(C)cc2c1CCCC2=O. The molecule has 0 saturated carbocycles. The maximum Gasteiger partial charge on any atom is 0.164 e. The quantitative estimate of drug-likeness (QED) is 0.768. The van der Waals surface area contributed by atoms with Gasteiger partial charge in [0.2, 0.25) is 0 Å². The van der Waals surface area contributed by atoms with E-state index in [2.05, 4.69) is 23.4 Å². The third-order valence-electron chi connectivity index (χ3n) is 3.64. The summed E-state index contributed by atoms with van der Waals surface area (Å²) in [6.45, 7) is 4.12. The molecule has 0 spiro atoms. The highest BCUT2D eigenvalue weighted by Crippen LogP contribution is 2.28. The van der Waals surface area contributed by atoms with E-state index in [-0.39, 0.29) is 5.78 Å². The maximum absolute atomic E-state index is 11.9. The van der Waals surface area contributed by atoms with E-state index in [1.165, 1.54) is 0 Å². The molecule has 2 aromatic rings. The van der Waals surface area contributed by atoms with Crippen molar-refractivity contribution in [1.29, 1.82) is 0 Å². The molecule has 0 amide bonds. The number of fused-ring (bicyclic) bond motifs is 1. The summed E-state index contributed by atoms with van der Waals surface area (Å²) in [5.41, 5.74) is 5.48. The summed E-state index contributed by atoms with van der Waals surface area (Å²) < 4.78 is 2.21. The first-order chi connectivity index (χ1) is 8.68. The van der Waals surface area contributed by atoms with Crippen molar-refractivity contribution in [3.63, 3.8) is 0 Å². The summed E-state index contributed by atoms with van der Waals surface area (Å²) in [6, 6.07) is 4.04. The first-order valence-electron chi connectivity index (χ1n) is 6.34. The Hall–Kier alpha value is -1.90. The zero-order valence-corrected chi connectivity index (χ0v) is 10.7. The summed E-state index contributed by atoms with van der Waals surface area (Å²) in [6.07, 6.45) is 6.30. The van der Waals surface area contributed by atoms with Gasteiger partial charge >= 0.3 is 0 Å². The number of carbonyl (C=O) groups is 1. The van der Waals surface area contributed by atoms with Crippen LogP contribution in [0.15, 0.2) is 24.5 Å². The number of carbonyl (C=O) groups excluding carboxylic acids is 1. The minimum absolute atomic E-state index is 0.282. The Kier molecular flexibility index (Phi) is 2.54. The molecule has 0 aromatic carbocycles. The van der Waals surface area contributed by atoms with Crippen LogP contribution < -0.4 is 0 Å². The Morgan fingerprint density at radius 3 is 2.89 bits per heavy atom. The summed E-state index contributed by atoms with van der Waals surface area (Å²) in [4.78, 5) is 16.1. The lowest BCUT2D eigenvalue weighted by Gasteiger charge is -2.17. The second-order valence-electron chi connectivity index (χ2n) is 4.92. The molecule has 1 aliphatic carbocycles. The van der Waals surface area contributed by atoms with Gasteiger partial charge in [-0.05, 0) is 44.4 Å². The highest BCUT2D eigenvalue weighted by atomic mass is 16.1. The van der Waals surface area contributed by atoms with Gasteiger partial charge in [-0.1, -0.05) is 0 Å². The first-order valence-corrected chi connectivity index (χ1v) is 6.34. The number of hydrogen-bond donors (Lipinski definition) is 0. The molecule has 92 valence electrons. The van der Waals surface area contributed by atoms with Crippen LogP contribution in [0, 0.1) is 13.8 Å². The lowest BCUT2D eigenvalue weighted by Crippen LogP contribution is -2.13. The molecule has 1 aliphatic rings. The molecule has 2 heterocycles. The molecular formula is C15H16N2O. The van der Waals surface area contributed by atoms with Gasteiger partial charge < -0.3 is 4.57 Å². The second kappa shape index (κ2) is 4.09. The van der Waals surface area contributed by atoms with Crippen LogP contribution in [0.3, 0.4) is 0 Å². The van der Waals surface area contributed by atoms with E-state index < -0.39 is 0 Å². The van der Waals surface area contributed by atoms with Crippen molar-refractivity contribution in [1.82, 2.24) is 9.55 Å². The molecule has 0 radical (unpaired) electrons. The summed E-state index contributed by atoms with van der Waals surface area (Å²) in [7, 11) is 0. The fraction of sp³-hybridized carbons (Fsp3) is 0.333. The van der Waals surface area contributed by atoms with Crippen molar-refractivity contribution in [2.75, 3.05) is 0 Å². The molecule has 18 heavy (non-hydrogen) atoms. The lowest BCUT2D eigenvalue weighted by molar-refractivity contribution is 0.0972. The van der Waals surface area contributed by atoms with E-state index in [9.17, 15) is 4.79 Å². The van der Waals surface area contributed by atoms with Gasteiger partial charge in [0.05, 0.1) is 5.69 Å². The summed E-state index contributed by atoms with van der Waals surface area (Å²) >= 11 is 0. The van der Waals surface area contributed by atoms with E-state index in [0.717, 1.165) is 41.0 Å². The van der Waals surface area contributed by atoms with E-state index in [1.54, 1.807) is 6.20 Å². The van der Waals surface area contributed by atoms with Crippen molar-refractivity contribution < 1.29 is 4.79 Å². The Morgan fingerprint density at radius 1 is 1.28 bits per heavy atom. The number of Topliss-reactive ketones (excluding diaryl/α,β-unsaturated/α-hetero) is 1. The highest BCUT2D eigenvalue weighted by Gasteiger charge is 2.23. The zero-order chi connectivity index (χ0) is 12.7. The summed E-state index contributed by atoms with van der Waals surface area (Å²) in [5, 5.41) is 0. The van der Waals surface area contributed by atoms with Crippen LogP contribution >= 0.6 is 0 Å². The van der Waals surface area contributed by atoms with E-state index >= 15 is 0 Å². The van der Waals surface area contributed by atoms with Crippen molar-refractivity contribution in [3.05, 3.63) is 47.0 Å². The van der Waals surface area contributed by atoms with Gasteiger partial charge in [-0.25, -0.2) is 0 Å². The first kappa shape index (κ1) is 11.2. The van der Waals surface area contributed by atoms with Crippen LogP contribution in [0.4, 0.5) is 0 Å². The Bertz CT molecular complexity index is 625. The molecule has 0 aliphatic heterocycles. The van der Waals surface area contributed by atoms with Gasteiger partial charge in [0.1, 0.15) is 0 Å². The third-order valence-corrected chi connectivity index (χ3v) is 3.64.